The van der Waals surface area contributed by atoms with Crippen molar-refractivity contribution in [3.63, 3.8) is 0 Å². The second kappa shape index (κ2) is 7.00. The number of amides is 2. The highest BCUT2D eigenvalue weighted by atomic mass is 35.5. The van der Waals surface area contributed by atoms with Crippen molar-refractivity contribution >= 4 is 34.5 Å². The van der Waals surface area contributed by atoms with Crippen LogP contribution < -0.4 is 10.9 Å². The number of hydrogen-bond acceptors (Lipinski definition) is 4. The summed E-state index contributed by atoms with van der Waals surface area (Å²) in [6.45, 7) is 5.10. The predicted octanol–water partition coefficient (Wildman–Crippen LogP) is 3.13. The van der Waals surface area contributed by atoms with E-state index in [2.05, 4.69) is 15.8 Å². The maximum Gasteiger partial charge on any atom is 0.426 e. The molecule has 0 aliphatic heterocycles. The van der Waals surface area contributed by atoms with Crippen LogP contribution in [0, 0.1) is 5.82 Å². The Kier molecular flexibility index (Phi) is 5.23. The van der Waals surface area contributed by atoms with Gasteiger partial charge in [0, 0.05) is 11.6 Å². The quantitative estimate of drug-likeness (QED) is 0.813. The smallest absolute Gasteiger partial charge is 0.426 e. The number of nitrogens with zero attached hydrogens (tertiary/aromatic N) is 1. The lowest BCUT2D eigenvalue weighted by atomic mass is 10.1. The van der Waals surface area contributed by atoms with E-state index >= 15 is 0 Å². The van der Waals surface area contributed by atoms with Gasteiger partial charge in [-0.15, -0.1) is 0 Å². The number of fused-ring (bicyclic) bond motifs is 1. The molecule has 6 nitrogen and oxygen atoms in total. The molecule has 1 heterocycles. The van der Waals surface area contributed by atoms with E-state index in [4.69, 9.17) is 16.3 Å². The molecule has 0 atom stereocenters. The van der Waals surface area contributed by atoms with E-state index in [1.165, 1.54) is 12.3 Å². The van der Waals surface area contributed by atoms with Gasteiger partial charge in [0.1, 0.15) is 16.9 Å². The normalized spacial score (nSPS) is 11.2. The second-order valence-electron chi connectivity index (χ2n) is 6.15. The first-order chi connectivity index (χ1) is 11.1. The molecule has 2 N–H and O–H groups in total. The maximum absolute atomic E-state index is 14.0. The molecule has 2 rings (SSSR count). The Bertz CT molecular complexity index is 790. The van der Waals surface area contributed by atoms with Gasteiger partial charge >= 0.3 is 6.09 Å². The maximum atomic E-state index is 14.0. The lowest BCUT2D eigenvalue weighted by Crippen LogP contribution is -2.44. The van der Waals surface area contributed by atoms with Crippen molar-refractivity contribution in [2.75, 3.05) is 0 Å². The number of rotatable bonds is 2. The second-order valence-corrected chi connectivity index (χ2v) is 6.59. The minimum atomic E-state index is -0.781. The first kappa shape index (κ1) is 17.9. The number of hydrogen-bond donors (Lipinski definition) is 2. The molecule has 0 saturated carbocycles. The Morgan fingerprint density at radius 2 is 1.96 bits per heavy atom. The van der Waals surface area contributed by atoms with Gasteiger partial charge in [0.25, 0.3) is 0 Å². The summed E-state index contributed by atoms with van der Waals surface area (Å²) in [7, 11) is 0. The van der Waals surface area contributed by atoms with Crippen molar-refractivity contribution in [3.05, 3.63) is 40.8 Å². The fourth-order valence-corrected chi connectivity index (χ4v) is 2.16. The summed E-state index contributed by atoms with van der Waals surface area (Å²) in [5.74, 6) is -1.07. The van der Waals surface area contributed by atoms with E-state index in [1.54, 1.807) is 32.9 Å². The third-order valence-corrected chi connectivity index (χ3v) is 3.04. The number of nitrogens with one attached hydrogen (secondary N) is 2. The Morgan fingerprint density at radius 3 is 2.62 bits per heavy atom. The summed E-state index contributed by atoms with van der Waals surface area (Å²) in [5, 5.41) is 0.862. The first-order valence-electron chi connectivity index (χ1n) is 7.15. The van der Waals surface area contributed by atoms with E-state index in [0.717, 1.165) is 0 Å². The molecule has 0 aliphatic rings. The number of benzene rings is 1. The van der Waals surface area contributed by atoms with Crippen LogP contribution in [0.3, 0.4) is 0 Å². The van der Waals surface area contributed by atoms with Gasteiger partial charge in [0.05, 0.1) is 11.4 Å². The average Bonchev–Trinajstić information content (AvgIpc) is 2.42. The van der Waals surface area contributed by atoms with Crippen LogP contribution in [0.1, 0.15) is 26.3 Å². The minimum Gasteiger partial charge on any atom is -0.443 e. The van der Waals surface area contributed by atoms with Crippen molar-refractivity contribution in [1.82, 2.24) is 15.8 Å². The molecule has 0 aliphatic carbocycles. The number of carbonyl (C=O) groups excluding carboxylic acids is 2. The molecule has 0 spiro atoms. The van der Waals surface area contributed by atoms with Crippen molar-refractivity contribution in [2.45, 2.75) is 32.8 Å². The van der Waals surface area contributed by atoms with Gasteiger partial charge in [-0.2, -0.15) is 0 Å². The van der Waals surface area contributed by atoms with E-state index in [1.807, 2.05) is 0 Å². The molecule has 128 valence electrons. The van der Waals surface area contributed by atoms with Crippen molar-refractivity contribution in [1.29, 1.82) is 0 Å². The molecule has 24 heavy (non-hydrogen) atoms. The number of ether oxygens (including phenoxy) is 1. The van der Waals surface area contributed by atoms with Crippen molar-refractivity contribution in [3.8, 4) is 0 Å². The number of hydrazine groups is 1. The van der Waals surface area contributed by atoms with Crippen molar-refractivity contribution in [2.24, 2.45) is 0 Å². The molecule has 0 radical (unpaired) electrons. The van der Waals surface area contributed by atoms with Gasteiger partial charge in [-0.3, -0.25) is 15.2 Å². The van der Waals surface area contributed by atoms with Gasteiger partial charge in [-0.25, -0.2) is 14.6 Å². The summed E-state index contributed by atoms with van der Waals surface area (Å²) in [6, 6.07) is 4.40. The van der Waals surface area contributed by atoms with Gasteiger partial charge in [0.2, 0.25) is 5.91 Å². The largest absolute Gasteiger partial charge is 0.443 e. The molecule has 1 aromatic carbocycles. The zero-order valence-electron chi connectivity index (χ0n) is 13.4. The van der Waals surface area contributed by atoms with Crippen LogP contribution in [0.15, 0.2) is 24.4 Å². The summed E-state index contributed by atoms with van der Waals surface area (Å²) in [6.07, 6.45) is 0.441. The third-order valence-electron chi connectivity index (χ3n) is 2.83. The summed E-state index contributed by atoms with van der Waals surface area (Å²) < 4.78 is 19.0. The zero-order chi connectivity index (χ0) is 17.9. The van der Waals surface area contributed by atoms with E-state index in [0.29, 0.717) is 16.0 Å². The van der Waals surface area contributed by atoms with E-state index in [9.17, 15) is 14.0 Å². The molecule has 1 aromatic heterocycles. The highest BCUT2D eigenvalue weighted by molar-refractivity contribution is 6.31. The minimum absolute atomic E-state index is 0.130. The lowest BCUT2D eigenvalue weighted by molar-refractivity contribution is -0.121. The predicted molar refractivity (Wildman–Crippen MR) is 87.9 cm³/mol. The van der Waals surface area contributed by atoms with Crippen LogP contribution in [0.25, 0.3) is 10.9 Å². The topological polar surface area (TPSA) is 80.3 Å². The molecule has 0 bridgehead atoms. The molecule has 0 unspecified atom stereocenters. The van der Waals surface area contributed by atoms with E-state index in [-0.39, 0.29) is 11.9 Å². The fourth-order valence-electron chi connectivity index (χ4n) is 1.99. The molecular formula is C16H17ClFN3O3. The first-order valence-corrected chi connectivity index (χ1v) is 7.53. The lowest BCUT2D eigenvalue weighted by Gasteiger charge is -2.19. The Hall–Kier alpha value is -2.41. The monoisotopic (exact) mass is 353 g/mol. The number of aromatic nitrogens is 1. The van der Waals surface area contributed by atoms with Crippen LogP contribution in [0.5, 0.6) is 0 Å². The molecule has 0 saturated heterocycles. The molecule has 2 amide bonds. The van der Waals surface area contributed by atoms with Crippen LogP contribution >= 0.6 is 11.6 Å². The zero-order valence-corrected chi connectivity index (χ0v) is 14.2. The molecule has 0 fully saturated rings. The Balaban J connectivity index is 2.01. The number of carbonyl (C=O) groups is 2. The summed E-state index contributed by atoms with van der Waals surface area (Å²) >= 11 is 5.84. The Morgan fingerprint density at radius 1 is 1.25 bits per heavy atom. The van der Waals surface area contributed by atoms with Crippen LogP contribution in [-0.4, -0.2) is 22.6 Å². The highest BCUT2D eigenvalue weighted by Crippen LogP contribution is 2.21. The van der Waals surface area contributed by atoms with Crippen LogP contribution in [-0.2, 0) is 16.0 Å². The molecule has 2 aromatic rings. The summed E-state index contributed by atoms with van der Waals surface area (Å²) in [4.78, 5) is 27.2. The van der Waals surface area contributed by atoms with Gasteiger partial charge < -0.3 is 4.74 Å². The third kappa shape index (κ3) is 5.06. The van der Waals surface area contributed by atoms with Gasteiger partial charge in [-0.1, -0.05) is 11.6 Å². The molecule has 8 heteroatoms. The van der Waals surface area contributed by atoms with E-state index < -0.39 is 23.4 Å². The van der Waals surface area contributed by atoms with Crippen LogP contribution in [0.2, 0.25) is 5.02 Å². The van der Waals surface area contributed by atoms with Crippen molar-refractivity contribution < 1.29 is 18.7 Å². The van der Waals surface area contributed by atoms with Crippen LogP contribution in [0.4, 0.5) is 9.18 Å². The van der Waals surface area contributed by atoms with Gasteiger partial charge in [0.15, 0.2) is 0 Å². The SMILES string of the molecule is CC(C)(C)OC(=O)NNC(=O)Cc1cc(F)c2ncc(Cl)cc2c1. The number of halogens is 2. The average molecular weight is 354 g/mol. The number of pyridine rings is 1. The van der Waals surface area contributed by atoms with Gasteiger partial charge in [-0.05, 0) is 44.5 Å². The molecular weight excluding hydrogens is 337 g/mol. The standard InChI is InChI=1S/C16H17ClFN3O3/c1-16(2,3)24-15(23)21-20-13(22)6-9-4-10-7-11(17)8-19-14(10)12(18)5-9/h4-5,7-8H,6H2,1-3H3,(H,20,22)(H,21,23). The Labute approximate surface area is 143 Å². The highest BCUT2D eigenvalue weighted by Gasteiger charge is 2.16. The fraction of sp³-hybridized carbons (Fsp3) is 0.312. The summed E-state index contributed by atoms with van der Waals surface area (Å²) in [5.41, 5.74) is 4.26.